The van der Waals surface area contributed by atoms with Crippen LogP contribution < -0.4 is 14.8 Å². The number of amides is 1. The van der Waals surface area contributed by atoms with Crippen LogP contribution in [0.2, 0.25) is 0 Å². The third kappa shape index (κ3) is 4.75. The molecule has 1 atom stereocenters. The van der Waals surface area contributed by atoms with Gasteiger partial charge in [0.25, 0.3) is 5.91 Å². The molecule has 3 heterocycles. The third-order valence-corrected chi connectivity index (χ3v) is 5.05. The van der Waals surface area contributed by atoms with Crippen LogP contribution in [-0.4, -0.2) is 50.4 Å². The highest BCUT2D eigenvalue weighted by Crippen LogP contribution is 2.33. The van der Waals surface area contributed by atoms with Crippen molar-refractivity contribution in [2.45, 2.75) is 13.0 Å². The second kappa shape index (κ2) is 9.90. The fourth-order valence-electron chi connectivity index (χ4n) is 3.38. The van der Waals surface area contributed by atoms with Crippen LogP contribution in [0.5, 0.6) is 17.4 Å². The lowest BCUT2D eigenvalue weighted by Gasteiger charge is -2.22. The number of nitrogens with one attached hydrogen (secondary N) is 1. The molecule has 34 heavy (non-hydrogen) atoms. The van der Waals surface area contributed by atoms with Gasteiger partial charge in [0, 0.05) is 29.7 Å². The van der Waals surface area contributed by atoms with E-state index in [1.165, 1.54) is 19.5 Å². The first-order valence-corrected chi connectivity index (χ1v) is 10.3. The molecule has 0 saturated carbocycles. The average Bonchev–Trinajstić information content (AvgIpc) is 2.87. The van der Waals surface area contributed by atoms with Gasteiger partial charge in [-0.25, -0.2) is 4.98 Å². The SMILES string of the molecule is COc1ccc([C@H](NC(=O)c2cnc(-c3cccnn3)nc2O)c2cccc(C)n2)c(OC)c1. The molecule has 0 saturated heterocycles. The maximum absolute atomic E-state index is 13.2. The number of nitrogens with zero attached hydrogens (tertiary/aromatic N) is 5. The lowest BCUT2D eigenvalue weighted by atomic mass is 10.0. The first-order chi connectivity index (χ1) is 16.5. The quantitative estimate of drug-likeness (QED) is 0.429. The molecule has 172 valence electrons. The molecule has 0 bridgehead atoms. The highest BCUT2D eigenvalue weighted by atomic mass is 16.5. The Morgan fingerprint density at radius 1 is 1.06 bits per heavy atom. The Bertz CT molecular complexity index is 1320. The number of rotatable bonds is 7. The Morgan fingerprint density at radius 3 is 2.59 bits per heavy atom. The van der Waals surface area contributed by atoms with Gasteiger partial charge >= 0.3 is 0 Å². The van der Waals surface area contributed by atoms with E-state index >= 15 is 0 Å². The Hall–Kier alpha value is -4.60. The Kier molecular flexibility index (Phi) is 6.58. The Balaban J connectivity index is 1.71. The number of pyridine rings is 1. The number of hydrogen-bond donors (Lipinski definition) is 2. The van der Waals surface area contributed by atoms with E-state index in [0.29, 0.717) is 28.5 Å². The molecule has 10 nitrogen and oxygen atoms in total. The van der Waals surface area contributed by atoms with Crippen LogP contribution in [0, 0.1) is 6.92 Å². The maximum atomic E-state index is 13.2. The standard InChI is InChI=1S/C24H22N6O4/c1-14-6-4-7-18(27-14)21(16-10-9-15(33-2)12-20(16)34-3)28-23(31)17-13-25-22(29-24(17)32)19-8-5-11-26-30-19/h4-13,21H,1-3H3,(H,28,31)(H,25,29,32)/t21-/m0/s1. The van der Waals surface area contributed by atoms with E-state index in [4.69, 9.17) is 9.47 Å². The summed E-state index contributed by atoms with van der Waals surface area (Å²) in [6.07, 6.45) is 2.76. The molecule has 4 aromatic rings. The summed E-state index contributed by atoms with van der Waals surface area (Å²) in [7, 11) is 3.09. The second-order valence-corrected chi connectivity index (χ2v) is 7.26. The molecule has 1 aromatic carbocycles. The van der Waals surface area contributed by atoms with Crippen LogP contribution >= 0.6 is 0 Å². The summed E-state index contributed by atoms with van der Waals surface area (Å²) in [6.45, 7) is 1.86. The predicted octanol–water partition coefficient (Wildman–Crippen LogP) is 2.88. The summed E-state index contributed by atoms with van der Waals surface area (Å²) in [5, 5.41) is 21.1. The fourth-order valence-corrected chi connectivity index (χ4v) is 3.38. The molecule has 1 amide bonds. The number of aromatic nitrogens is 5. The lowest BCUT2D eigenvalue weighted by Crippen LogP contribution is -2.30. The van der Waals surface area contributed by atoms with E-state index in [9.17, 15) is 9.90 Å². The van der Waals surface area contributed by atoms with Gasteiger partial charge in [0.05, 0.1) is 19.9 Å². The summed E-state index contributed by atoms with van der Waals surface area (Å²) in [5.74, 6) is 0.191. The normalized spacial score (nSPS) is 11.5. The lowest BCUT2D eigenvalue weighted by molar-refractivity contribution is 0.0938. The van der Waals surface area contributed by atoms with Crippen LogP contribution in [0.15, 0.2) is 60.9 Å². The van der Waals surface area contributed by atoms with Crippen LogP contribution in [-0.2, 0) is 0 Å². The Labute approximate surface area is 195 Å². The highest BCUT2D eigenvalue weighted by molar-refractivity contribution is 5.96. The van der Waals surface area contributed by atoms with Gasteiger partial charge < -0.3 is 19.9 Å². The minimum atomic E-state index is -0.688. The van der Waals surface area contributed by atoms with Crippen molar-refractivity contribution in [2.75, 3.05) is 14.2 Å². The van der Waals surface area contributed by atoms with E-state index in [1.807, 2.05) is 19.1 Å². The van der Waals surface area contributed by atoms with Gasteiger partial charge in [-0.1, -0.05) is 6.07 Å². The van der Waals surface area contributed by atoms with Crippen LogP contribution in [0.25, 0.3) is 11.5 Å². The molecular formula is C24H22N6O4. The van der Waals surface area contributed by atoms with Gasteiger partial charge in [0.1, 0.15) is 28.8 Å². The van der Waals surface area contributed by atoms with Gasteiger partial charge in [-0.2, -0.15) is 10.1 Å². The van der Waals surface area contributed by atoms with E-state index in [-0.39, 0.29) is 11.4 Å². The summed E-state index contributed by atoms with van der Waals surface area (Å²) in [4.78, 5) is 26.0. The van der Waals surface area contributed by atoms with E-state index in [2.05, 4.69) is 30.5 Å². The van der Waals surface area contributed by atoms with Gasteiger partial charge in [0.2, 0.25) is 5.88 Å². The number of ether oxygens (including phenoxy) is 2. The van der Waals surface area contributed by atoms with Crippen molar-refractivity contribution in [2.24, 2.45) is 0 Å². The zero-order chi connectivity index (χ0) is 24.1. The monoisotopic (exact) mass is 458 g/mol. The number of aryl methyl sites for hydroxylation is 1. The first kappa shape index (κ1) is 22.6. The molecule has 0 aliphatic carbocycles. The number of benzene rings is 1. The van der Waals surface area contributed by atoms with E-state index in [1.54, 1.807) is 43.5 Å². The van der Waals surface area contributed by atoms with Crippen molar-refractivity contribution in [3.63, 3.8) is 0 Å². The molecule has 0 unspecified atom stereocenters. The molecule has 0 fully saturated rings. The number of carbonyl (C=O) groups excluding carboxylic acids is 1. The molecule has 2 N–H and O–H groups in total. The smallest absolute Gasteiger partial charge is 0.259 e. The first-order valence-electron chi connectivity index (χ1n) is 10.3. The summed E-state index contributed by atoms with van der Waals surface area (Å²) in [5.41, 5.74) is 2.30. The summed E-state index contributed by atoms with van der Waals surface area (Å²) < 4.78 is 10.8. The Morgan fingerprint density at radius 2 is 1.91 bits per heavy atom. The molecule has 0 spiro atoms. The number of hydrogen-bond acceptors (Lipinski definition) is 9. The zero-order valence-corrected chi connectivity index (χ0v) is 18.8. The molecular weight excluding hydrogens is 436 g/mol. The highest BCUT2D eigenvalue weighted by Gasteiger charge is 2.25. The van der Waals surface area contributed by atoms with Crippen molar-refractivity contribution < 1.29 is 19.4 Å². The zero-order valence-electron chi connectivity index (χ0n) is 18.8. The minimum absolute atomic E-state index is 0.0993. The number of carbonyl (C=O) groups is 1. The number of methoxy groups -OCH3 is 2. The van der Waals surface area contributed by atoms with Crippen molar-refractivity contribution in [1.29, 1.82) is 0 Å². The largest absolute Gasteiger partial charge is 0.497 e. The van der Waals surface area contributed by atoms with Crippen molar-refractivity contribution in [1.82, 2.24) is 30.5 Å². The van der Waals surface area contributed by atoms with Crippen LogP contribution in [0.1, 0.15) is 33.4 Å². The fraction of sp³-hybridized carbons (Fsp3) is 0.167. The second-order valence-electron chi connectivity index (χ2n) is 7.26. The molecule has 4 rings (SSSR count). The topological polar surface area (TPSA) is 132 Å². The molecule has 0 aliphatic heterocycles. The summed E-state index contributed by atoms with van der Waals surface area (Å²) >= 11 is 0. The summed E-state index contributed by atoms with van der Waals surface area (Å²) in [6, 6.07) is 13.4. The number of aromatic hydroxyl groups is 1. The van der Waals surface area contributed by atoms with Crippen molar-refractivity contribution in [3.8, 4) is 28.9 Å². The van der Waals surface area contributed by atoms with Gasteiger partial charge in [0.15, 0.2) is 5.82 Å². The van der Waals surface area contributed by atoms with E-state index in [0.717, 1.165) is 5.69 Å². The predicted molar refractivity (Wildman–Crippen MR) is 123 cm³/mol. The molecule has 10 heteroatoms. The van der Waals surface area contributed by atoms with Crippen molar-refractivity contribution >= 4 is 5.91 Å². The van der Waals surface area contributed by atoms with Crippen LogP contribution in [0.4, 0.5) is 0 Å². The van der Waals surface area contributed by atoms with E-state index < -0.39 is 17.8 Å². The molecule has 0 radical (unpaired) electrons. The van der Waals surface area contributed by atoms with Gasteiger partial charge in [-0.15, -0.1) is 5.10 Å². The van der Waals surface area contributed by atoms with Crippen LogP contribution in [0.3, 0.4) is 0 Å². The molecule has 3 aromatic heterocycles. The van der Waals surface area contributed by atoms with Gasteiger partial charge in [-0.3, -0.25) is 9.78 Å². The minimum Gasteiger partial charge on any atom is -0.497 e. The maximum Gasteiger partial charge on any atom is 0.259 e. The molecule has 0 aliphatic rings. The average molecular weight is 458 g/mol. The van der Waals surface area contributed by atoms with Gasteiger partial charge in [-0.05, 0) is 43.3 Å². The van der Waals surface area contributed by atoms with Crippen molar-refractivity contribution in [3.05, 3.63) is 83.4 Å². The third-order valence-electron chi connectivity index (χ3n) is 5.05.